The number of nitro benzene ring substituents is 1. The Morgan fingerprint density at radius 2 is 1.79 bits per heavy atom. The number of hydrogen-bond donors (Lipinski definition) is 2. The van der Waals surface area contributed by atoms with Crippen LogP contribution in [0.4, 0.5) is 11.4 Å². The number of non-ortho nitro benzene ring substituents is 1. The van der Waals surface area contributed by atoms with E-state index in [1.165, 1.54) is 10.5 Å². The van der Waals surface area contributed by atoms with Gasteiger partial charge in [0.05, 0.1) is 31.1 Å². The molecule has 7 heteroatoms. The number of nitro groups is 1. The molecular weight excluding hydrogens is 368 g/mol. The van der Waals surface area contributed by atoms with Gasteiger partial charge in [-0.3, -0.25) is 14.9 Å². The van der Waals surface area contributed by atoms with Gasteiger partial charge in [-0.2, -0.15) is 0 Å². The van der Waals surface area contributed by atoms with Gasteiger partial charge >= 0.3 is 0 Å². The molecule has 0 radical (unpaired) electrons. The third kappa shape index (κ3) is 5.77. The summed E-state index contributed by atoms with van der Waals surface area (Å²) in [6.07, 6.45) is 0.991. The zero-order valence-electron chi connectivity index (χ0n) is 16.8. The Kier molecular flexibility index (Phi) is 7.19. The molecule has 1 atom stereocenters. The van der Waals surface area contributed by atoms with Crippen molar-refractivity contribution in [2.45, 2.75) is 19.3 Å². The van der Waals surface area contributed by atoms with Crippen molar-refractivity contribution >= 4 is 17.3 Å². The molecule has 1 saturated heterocycles. The molecule has 1 amide bonds. The summed E-state index contributed by atoms with van der Waals surface area (Å²) in [5.41, 5.74) is 2.36. The van der Waals surface area contributed by atoms with E-state index in [4.69, 9.17) is 0 Å². The molecule has 0 bridgehead atoms. The minimum Gasteiger partial charge on any atom is -0.360 e. The third-order valence-corrected chi connectivity index (χ3v) is 5.62. The van der Waals surface area contributed by atoms with Crippen LogP contribution in [0.15, 0.2) is 54.6 Å². The summed E-state index contributed by atoms with van der Waals surface area (Å²) in [4.78, 5) is 26.3. The Hall–Kier alpha value is -2.93. The van der Waals surface area contributed by atoms with E-state index in [2.05, 4.69) is 29.3 Å². The summed E-state index contributed by atoms with van der Waals surface area (Å²) in [5.74, 6) is 0.437. The fraction of sp³-hybridized carbons (Fsp3) is 0.409. The van der Waals surface area contributed by atoms with Crippen LogP contribution in [-0.4, -0.2) is 50.1 Å². The van der Waals surface area contributed by atoms with Gasteiger partial charge in [0, 0.05) is 30.3 Å². The van der Waals surface area contributed by atoms with Gasteiger partial charge in [-0.25, -0.2) is 0 Å². The van der Waals surface area contributed by atoms with Gasteiger partial charge in [-0.15, -0.1) is 0 Å². The number of piperazine rings is 1. The summed E-state index contributed by atoms with van der Waals surface area (Å²) in [6, 6.07) is 17.0. The number of amides is 1. The molecule has 1 aliphatic heterocycles. The summed E-state index contributed by atoms with van der Waals surface area (Å²) in [7, 11) is 0. The van der Waals surface area contributed by atoms with Crippen LogP contribution in [0.2, 0.25) is 0 Å². The second kappa shape index (κ2) is 10.0. The Labute approximate surface area is 171 Å². The van der Waals surface area contributed by atoms with Crippen molar-refractivity contribution in [3.63, 3.8) is 0 Å². The highest BCUT2D eigenvalue weighted by Crippen LogP contribution is 2.19. The van der Waals surface area contributed by atoms with Gasteiger partial charge in [0.1, 0.15) is 0 Å². The van der Waals surface area contributed by atoms with E-state index in [0.717, 1.165) is 38.3 Å². The quantitative estimate of drug-likeness (QED) is 0.524. The number of nitrogens with zero attached hydrogens (tertiary/aromatic N) is 2. The number of anilines is 1. The zero-order valence-corrected chi connectivity index (χ0v) is 16.8. The molecule has 1 heterocycles. The van der Waals surface area contributed by atoms with Gasteiger partial charge in [0.2, 0.25) is 0 Å². The van der Waals surface area contributed by atoms with Crippen LogP contribution in [0.25, 0.3) is 0 Å². The van der Waals surface area contributed by atoms with Crippen molar-refractivity contribution in [3.8, 4) is 0 Å². The summed E-state index contributed by atoms with van der Waals surface area (Å²) in [6.45, 7) is 6.72. The number of benzene rings is 2. The smallest absolute Gasteiger partial charge is 0.275 e. The molecule has 154 valence electrons. The molecule has 7 nitrogen and oxygen atoms in total. The minimum atomic E-state index is -0.384. The van der Waals surface area contributed by atoms with Gasteiger partial charge in [0.15, 0.2) is 6.54 Å². The second-order valence-electron chi connectivity index (χ2n) is 7.51. The SMILES string of the molecule is CC[C@H](CNC(=O)C[NH+]1CCN(c2ccc([N+](=O)[O-])cc2)CC1)c1ccccc1. The first-order valence-corrected chi connectivity index (χ1v) is 10.2. The van der Waals surface area contributed by atoms with Gasteiger partial charge in [-0.1, -0.05) is 37.3 Å². The van der Waals surface area contributed by atoms with Gasteiger partial charge in [0.25, 0.3) is 11.6 Å². The molecule has 0 unspecified atom stereocenters. The lowest BCUT2D eigenvalue weighted by Gasteiger charge is -2.33. The van der Waals surface area contributed by atoms with Crippen LogP contribution < -0.4 is 15.1 Å². The molecule has 2 N–H and O–H groups in total. The van der Waals surface area contributed by atoms with Crippen LogP contribution in [-0.2, 0) is 4.79 Å². The van der Waals surface area contributed by atoms with E-state index in [1.807, 2.05) is 18.2 Å². The first kappa shape index (κ1) is 20.8. The number of quaternary nitrogens is 1. The van der Waals surface area contributed by atoms with E-state index in [0.29, 0.717) is 19.0 Å². The normalized spacial score (nSPS) is 15.7. The molecule has 0 aromatic heterocycles. The molecule has 1 fully saturated rings. The molecule has 1 aliphatic rings. The molecule has 0 spiro atoms. The fourth-order valence-electron chi connectivity index (χ4n) is 3.79. The topological polar surface area (TPSA) is 79.9 Å². The van der Waals surface area contributed by atoms with Crippen molar-refractivity contribution < 1.29 is 14.6 Å². The maximum absolute atomic E-state index is 12.4. The van der Waals surface area contributed by atoms with Crippen LogP contribution >= 0.6 is 0 Å². The molecule has 2 aromatic rings. The van der Waals surface area contributed by atoms with Crippen LogP contribution in [0.1, 0.15) is 24.8 Å². The highest BCUT2D eigenvalue weighted by molar-refractivity contribution is 5.76. The van der Waals surface area contributed by atoms with Crippen LogP contribution in [0.3, 0.4) is 0 Å². The minimum absolute atomic E-state index is 0.0955. The first-order valence-electron chi connectivity index (χ1n) is 10.2. The maximum Gasteiger partial charge on any atom is 0.275 e. The second-order valence-corrected chi connectivity index (χ2v) is 7.51. The predicted octanol–water partition coefficient (Wildman–Crippen LogP) is 1.61. The zero-order chi connectivity index (χ0) is 20.6. The molecule has 29 heavy (non-hydrogen) atoms. The standard InChI is InChI=1S/C22H28N4O3/c1-2-18(19-6-4-3-5-7-19)16-23-22(27)17-24-12-14-25(15-13-24)20-8-10-21(11-9-20)26(28)29/h3-11,18H,2,12-17H2,1H3,(H,23,27)/p+1/t18-/m1/s1. The Bertz CT molecular complexity index is 803. The largest absolute Gasteiger partial charge is 0.360 e. The Morgan fingerprint density at radius 1 is 1.14 bits per heavy atom. The van der Waals surface area contributed by atoms with E-state index in [9.17, 15) is 14.9 Å². The lowest BCUT2D eigenvalue weighted by Crippen LogP contribution is -3.16. The lowest BCUT2D eigenvalue weighted by atomic mass is 9.96. The monoisotopic (exact) mass is 397 g/mol. The van der Waals surface area contributed by atoms with E-state index >= 15 is 0 Å². The van der Waals surface area contributed by atoms with Crippen molar-refractivity contribution in [2.75, 3.05) is 44.2 Å². The Balaban J connectivity index is 1.43. The number of carbonyl (C=O) groups excluding carboxylic acids is 1. The van der Waals surface area contributed by atoms with E-state index in [1.54, 1.807) is 24.3 Å². The third-order valence-electron chi connectivity index (χ3n) is 5.62. The van der Waals surface area contributed by atoms with Gasteiger partial charge < -0.3 is 15.1 Å². The van der Waals surface area contributed by atoms with Crippen molar-refractivity contribution in [1.82, 2.24) is 5.32 Å². The van der Waals surface area contributed by atoms with E-state index < -0.39 is 0 Å². The lowest BCUT2D eigenvalue weighted by molar-refractivity contribution is -0.892. The molecule has 3 rings (SSSR count). The highest BCUT2D eigenvalue weighted by Gasteiger charge is 2.23. The molecular formula is C22H29N4O3+. The fourth-order valence-corrected chi connectivity index (χ4v) is 3.79. The number of hydrogen-bond acceptors (Lipinski definition) is 4. The molecule has 0 aliphatic carbocycles. The van der Waals surface area contributed by atoms with E-state index in [-0.39, 0.29) is 16.5 Å². The van der Waals surface area contributed by atoms with Crippen LogP contribution in [0, 0.1) is 10.1 Å². The summed E-state index contributed by atoms with van der Waals surface area (Å²) < 4.78 is 0. The van der Waals surface area contributed by atoms with Crippen molar-refractivity contribution in [2.24, 2.45) is 0 Å². The average molecular weight is 397 g/mol. The van der Waals surface area contributed by atoms with Crippen molar-refractivity contribution in [1.29, 1.82) is 0 Å². The number of carbonyl (C=O) groups is 1. The van der Waals surface area contributed by atoms with Crippen LogP contribution in [0.5, 0.6) is 0 Å². The predicted molar refractivity (Wildman–Crippen MR) is 113 cm³/mol. The van der Waals surface area contributed by atoms with Crippen molar-refractivity contribution in [3.05, 3.63) is 70.3 Å². The summed E-state index contributed by atoms with van der Waals surface area (Å²) in [5, 5.41) is 13.9. The first-order chi connectivity index (χ1) is 14.1. The summed E-state index contributed by atoms with van der Waals surface area (Å²) >= 11 is 0. The molecule has 0 saturated carbocycles. The highest BCUT2D eigenvalue weighted by atomic mass is 16.6. The maximum atomic E-state index is 12.4. The van der Waals surface area contributed by atoms with Gasteiger partial charge in [-0.05, 0) is 24.1 Å². The molecule has 2 aromatic carbocycles. The number of nitrogens with one attached hydrogen (secondary N) is 2. The average Bonchev–Trinajstić information content (AvgIpc) is 2.75. The Morgan fingerprint density at radius 3 is 2.38 bits per heavy atom. The number of rotatable bonds is 8.